The largest absolute Gasteiger partial charge is 0.587 e. The maximum absolute atomic E-state index is 9.09. The molecule has 2 N–H and O–H groups in total. The molecule has 14 heavy (non-hydrogen) atoms. The van der Waals surface area contributed by atoms with Crippen molar-refractivity contribution in [2.45, 2.75) is 19.9 Å². The molecule has 1 aliphatic heterocycles. The third kappa shape index (κ3) is 1.98. The highest BCUT2D eigenvalue weighted by molar-refractivity contribution is 6.38. The van der Waals surface area contributed by atoms with Crippen LogP contribution in [0.5, 0.6) is 0 Å². The first-order chi connectivity index (χ1) is 6.49. The molecule has 5 heteroatoms. The Morgan fingerprint density at radius 3 is 2.57 bits per heavy atom. The molecule has 0 bridgehead atoms. The van der Waals surface area contributed by atoms with Gasteiger partial charge in [0.25, 0.3) is 0 Å². The molecule has 0 saturated carbocycles. The summed E-state index contributed by atoms with van der Waals surface area (Å²) in [6, 6.07) is 1.83. The van der Waals surface area contributed by atoms with Crippen LogP contribution in [0.1, 0.15) is 13.8 Å². The molecule has 1 atom stereocenters. The van der Waals surface area contributed by atoms with Crippen LogP contribution in [-0.2, 0) is 0 Å². The van der Waals surface area contributed by atoms with Gasteiger partial charge in [-0.2, -0.15) is 5.26 Å². The fourth-order valence-electron chi connectivity index (χ4n) is 1.41. The van der Waals surface area contributed by atoms with E-state index in [2.05, 4.69) is 6.07 Å². The van der Waals surface area contributed by atoms with Crippen LogP contribution < -0.4 is 0 Å². The number of hydrogen-bond acceptors (Lipinski definition) is 4. The lowest BCUT2D eigenvalue weighted by atomic mass is 9.81. The molecule has 1 rings (SSSR count). The van der Waals surface area contributed by atoms with Gasteiger partial charge in [0.05, 0.1) is 17.5 Å². The van der Waals surface area contributed by atoms with Gasteiger partial charge < -0.3 is 14.9 Å². The van der Waals surface area contributed by atoms with Gasteiger partial charge in [-0.3, -0.25) is 0 Å². The van der Waals surface area contributed by atoms with E-state index in [0.29, 0.717) is 0 Å². The summed E-state index contributed by atoms with van der Waals surface area (Å²) >= 11 is 0. The second-order valence-corrected chi connectivity index (χ2v) is 3.80. The second kappa shape index (κ2) is 3.87. The fourth-order valence-corrected chi connectivity index (χ4v) is 1.41. The summed E-state index contributed by atoms with van der Waals surface area (Å²) in [7, 11) is -1.58. The van der Waals surface area contributed by atoms with Gasteiger partial charge in [-0.05, 0) is 26.1 Å². The van der Waals surface area contributed by atoms with Gasteiger partial charge in [0.2, 0.25) is 0 Å². The average Bonchev–Trinajstić information content (AvgIpc) is 2.18. The van der Waals surface area contributed by atoms with Crippen LogP contribution in [0.4, 0.5) is 0 Å². The normalized spacial score (nSPS) is 20.8. The minimum atomic E-state index is -1.58. The summed E-state index contributed by atoms with van der Waals surface area (Å²) in [4.78, 5) is 1.34. The molecule has 0 aromatic carbocycles. The van der Waals surface area contributed by atoms with Gasteiger partial charge in [-0.1, -0.05) is 12.2 Å². The van der Waals surface area contributed by atoms with Crippen molar-refractivity contribution in [3.05, 3.63) is 24.4 Å². The van der Waals surface area contributed by atoms with Crippen LogP contribution in [-0.4, -0.2) is 28.2 Å². The summed E-state index contributed by atoms with van der Waals surface area (Å²) in [5.74, 6) is 0. The van der Waals surface area contributed by atoms with E-state index in [9.17, 15) is 0 Å². The molecule has 1 aliphatic rings. The predicted octanol–water partition coefficient (Wildman–Crippen LogP) is 0.260. The Bertz CT molecular complexity index is 304. The molecule has 0 saturated heterocycles. The van der Waals surface area contributed by atoms with Crippen molar-refractivity contribution in [1.29, 1.82) is 5.26 Å². The van der Waals surface area contributed by atoms with Crippen molar-refractivity contribution >= 4 is 7.25 Å². The molecule has 0 amide bonds. The molecule has 0 radical (unpaired) electrons. The molecule has 0 aromatic heterocycles. The van der Waals surface area contributed by atoms with Gasteiger partial charge in [-0.25, -0.2) is 0 Å². The lowest BCUT2D eigenvalue weighted by molar-refractivity contribution is 0.229. The molecule has 74 valence electrons. The third-order valence-electron chi connectivity index (χ3n) is 2.28. The topological polar surface area (TPSA) is 67.5 Å². The van der Waals surface area contributed by atoms with Crippen LogP contribution in [0.25, 0.3) is 0 Å². The van der Waals surface area contributed by atoms with Gasteiger partial charge in [0.15, 0.2) is 0 Å². The molecule has 0 aliphatic carbocycles. The summed E-state index contributed by atoms with van der Waals surface area (Å²) < 4.78 is 0. The van der Waals surface area contributed by atoms with Crippen molar-refractivity contribution < 1.29 is 10.0 Å². The van der Waals surface area contributed by atoms with Gasteiger partial charge in [-0.15, -0.1) is 0 Å². The van der Waals surface area contributed by atoms with E-state index in [1.807, 2.05) is 0 Å². The molecule has 1 heterocycles. The van der Waals surface area contributed by atoms with E-state index < -0.39 is 12.7 Å². The summed E-state index contributed by atoms with van der Waals surface area (Å²) in [5.41, 5.74) is -0.662. The Kier molecular flexibility index (Phi) is 2.99. The average molecular weight is 192 g/mol. The number of nitriles is 1. The maximum Gasteiger partial charge on any atom is 0.587 e. The molecule has 4 nitrogen and oxygen atoms in total. The predicted molar refractivity (Wildman–Crippen MR) is 53.5 cm³/mol. The summed E-state index contributed by atoms with van der Waals surface area (Å²) in [6.45, 7) is 3.52. The Labute approximate surface area is 83.9 Å². The standard InChI is InChI=1S/C9H13BN2O2/c1-9(2,7-11)8-5-3-4-6-12(8)10(13)14/h3-6,8,13-14H,1-2H3. The number of hydrogen-bond donors (Lipinski definition) is 2. The number of nitrogens with zero attached hydrogens (tertiary/aromatic N) is 2. The van der Waals surface area contributed by atoms with Crippen LogP contribution in [0, 0.1) is 16.7 Å². The van der Waals surface area contributed by atoms with Crippen molar-refractivity contribution in [3.63, 3.8) is 0 Å². The summed E-state index contributed by atoms with van der Waals surface area (Å²) in [5, 5.41) is 27.1. The lowest BCUT2D eigenvalue weighted by Gasteiger charge is -2.36. The van der Waals surface area contributed by atoms with Crippen molar-refractivity contribution in [2.75, 3.05) is 0 Å². The van der Waals surface area contributed by atoms with E-state index in [-0.39, 0.29) is 6.04 Å². The fraction of sp³-hybridized carbons (Fsp3) is 0.444. The van der Waals surface area contributed by atoms with E-state index >= 15 is 0 Å². The van der Waals surface area contributed by atoms with Crippen molar-refractivity contribution in [1.82, 2.24) is 4.81 Å². The molecule has 0 fully saturated rings. The highest BCUT2D eigenvalue weighted by atomic mass is 16.4. The minimum Gasteiger partial charge on any atom is -0.408 e. The SMILES string of the molecule is CC(C)(C#N)C1C=CC=CN1B(O)O. The zero-order valence-electron chi connectivity index (χ0n) is 8.25. The molecular weight excluding hydrogens is 179 g/mol. The zero-order valence-corrected chi connectivity index (χ0v) is 8.25. The highest BCUT2D eigenvalue weighted by Crippen LogP contribution is 2.27. The first-order valence-corrected chi connectivity index (χ1v) is 4.39. The Morgan fingerprint density at radius 1 is 1.43 bits per heavy atom. The number of allylic oxidation sites excluding steroid dienone is 2. The zero-order chi connectivity index (χ0) is 10.8. The van der Waals surface area contributed by atoms with Crippen LogP contribution in [0.3, 0.4) is 0 Å². The first-order valence-electron chi connectivity index (χ1n) is 4.39. The van der Waals surface area contributed by atoms with Crippen LogP contribution in [0.15, 0.2) is 24.4 Å². The molecule has 1 unspecified atom stereocenters. The van der Waals surface area contributed by atoms with Crippen LogP contribution in [0.2, 0.25) is 0 Å². The quantitative estimate of drug-likeness (QED) is 0.615. The van der Waals surface area contributed by atoms with Gasteiger partial charge in [0.1, 0.15) is 0 Å². The first kappa shape index (κ1) is 10.8. The Hall–Kier alpha value is -1.25. The molecule has 0 aromatic rings. The molecular formula is C9H13BN2O2. The van der Waals surface area contributed by atoms with Crippen molar-refractivity contribution in [2.24, 2.45) is 5.41 Å². The van der Waals surface area contributed by atoms with E-state index in [4.69, 9.17) is 15.3 Å². The van der Waals surface area contributed by atoms with Crippen molar-refractivity contribution in [3.8, 4) is 6.07 Å². The Morgan fingerprint density at radius 2 is 2.07 bits per heavy atom. The summed E-state index contributed by atoms with van der Waals surface area (Å²) in [6.07, 6.45) is 6.84. The second-order valence-electron chi connectivity index (χ2n) is 3.80. The maximum atomic E-state index is 9.09. The minimum absolute atomic E-state index is 0.322. The smallest absolute Gasteiger partial charge is 0.408 e. The van der Waals surface area contributed by atoms with Crippen LogP contribution >= 0.6 is 0 Å². The van der Waals surface area contributed by atoms with E-state index in [1.54, 1.807) is 38.3 Å². The molecule has 0 spiro atoms. The van der Waals surface area contributed by atoms with E-state index in [0.717, 1.165) is 0 Å². The van der Waals surface area contributed by atoms with Gasteiger partial charge >= 0.3 is 7.25 Å². The van der Waals surface area contributed by atoms with E-state index in [1.165, 1.54) is 4.81 Å². The Balaban J connectivity index is 2.93. The lowest BCUT2D eigenvalue weighted by Crippen LogP contribution is -2.49. The van der Waals surface area contributed by atoms with Gasteiger partial charge in [0, 0.05) is 0 Å². The number of rotatable bonds is 2. The monoisotopic (exact) mass is 192 g/mol. The third-order valence-corrected chi connectivity index (χ3v) is 2.28. The highest BCUT2D eigenvalue weighted by Gasteiger charge is 2.36.